The minimum atomic E-state index is -0.896. The predicted octanol–water partition coefficient (Wildman–Crippen LogP) is 3.33. The molecule has 1 aromatic heterocycles. The number of aromatic nitrogens is 1. The molecule has 140 valence electrons. The number of rotatable bonds is 4. The highest BCUT2D eigenvalue weighted by Gasteiger charge is 2.47. The van der Waals surface area contributed by atoms with Gasteiger partial charge < -0.3 is 14.6 Å². The first kappa shape index (κ1) is 19.2. The average Bonchev–Trinajstić information content (AvgIpc) is 2.60. The standard InChI is InChI=1S/C21H28N2O2S/c1-20(2)14-22(3)11-10-21(20,25)15-23-13-18(26-4)17(12-19(23)24)16-8-6-5-7-9-16/h5-9,12-13,25H,10-11,14-15H2,1-4H3. The van der Waals surface area contributed by atoms with Crippen LogP contribution in [0.25, 0.3) is 11.1 Å². The van der Waals surface area contributed by atoms with Crippen LogP contribution in [0.5, 0.6) is 0 Å². The maximum atomic E-state index is 12.8. The van der Waals surface area contributed by atoms with E-state index in [4.69, 9.17) is 0 Å². The molecule has 1 fully saturated rings. The van der Waals surface area contributed by atoms with E-state index < -0.39 is 5.60 Å². The van der Waals surface area contributed by atoms with Crippen molar-refractivity contribution in [1.82, 2.24) is 9.47 Å². The normalized spacial score (nSPS) is 23.1. The lowest BCUT2D eigenvalue weighted by molar-refractivity contribution is -0.124. The second-order valence-electron chi connectivity index (χ2n) is 7.99. The molecule has 0 amide bonds. The lowest BCUT2D eigenvalue weighted by Gasteiger charge is -2.49. The third-order valence-electron chi connectivity index (χ3n) is 5.66. The topological polar surface area (TPSA) is 45.5 Å². The number of benzene rings is 1. The summed E-state index contributed by atoms with van der Waals surface area (Å²) in [5.41, 5.74) is 0.753. The summed E-state index contributed by atoms with van der Waals surface area (Å²) in [4.78, 5) is 16.1. The first-order valence-corrected chi connectivity index (χ1v) is 10.2. The van der Waals surface area contributed by atoms with Gasteiger partial charge in [-0.3, -0.25) is 4.79 Å². The number of hydrogen-bond donors (Lipinski definition) is 1. The van der Waals surface area contributed by atoms with E-state index in [0.29, 0.717) is 13.0 Å². The molecule has 1 aliphatic rings. The van der Waals surface area contributed by atoms with E-state index >= 15 is 0 Å². The minimum Gasteiger partial charge on any atom is -0.387 e. The quantitative estimate of drug-likeness (QED) is 0.836. The molecule has 0 radical (unpaired) electrons. The zero-order chi connectivity index (χ0) is 18.9. The molecule has 5 heteroatoms. The number of piperidine rings is 1. The van der Waals surface area contributed by atoms with Crippen LogP contribution in [0.3, 0.4) is 0 Å². The number of likely N-dealkylation sites (tertiary alicyclic amines) is 1. The zero-order valence-corrected chi connectivity index (χ0v) is 16.8. The Hall–Kier alpha value is -1.56. The van der Waals surface area contributed by atoms with E-state index in [1.54, 1.807) is 22.4 Å². The Morgan fingerprint density at radius 1 is 1.23 bits per heavy atom. The van der Waals surface area contributed by atoms with E-state index in [1.807, 2.05) is 42.8 Å². The van der Waals surface area contributed by atoms with E-state index in [0.717, 1.165) is 29.1 Å². The van der Waals surface area contributed by atoms with Crippen LogP contribution in [0.4, 0.5) is 0 Å². The van der Waals surface area contributed by atoms with Crippen molar-refractivity contribution >= 4 is 11.8 Å². The van der Waals surface area contributed by atoms with E-state index in [2.05, 4.69) is 25.8 Å². The largest absolute Gasteiger partial charge is 0.387 e. The van der Waals surface area contributed by atoms with Gasteiger partial charge in [0.05, 0.1) is 12.1 Å². The lowest BCUT2D eigenvalue weighted by Crippen LogP contribution is -2.59. The van der Waals surface area contributed by atoms with Crippen molar-refractivity contribution < 1.29 is 5.11 Å². The highest BCUT2D eigenvalue weighted by Crippen LogP contribution is 2.39. The molecule has 0 aliphatic carbocycles. The lowest BCUT2D eigenvalue weighted by atomic mass is 9.70. The van der Waals surface area contributed by atoms with E-state index in [-0.39, 0.29) is 11.0 Å². The molecule has 0 saturated carbocycles. The highest BCUT2D eigenvalue weighted by atomic mass is 32.2. The average molecular weight is 373 g/mol. The molecule has 1 saturated heterocycles. The second-order valence-corrected chi connectivity index (χ2v) is 8.84. The Balaban J connectivity index is 1.98. The van der Waals surface area contributed by atoms with Crippen LogP contribution in [-0.4, -0.2) is 46.6 Å². The van der Waals surface area contributed by atoms with Gasteiger partial charge in [-0.1, -0.05) is 44.2 Å². The Morgan fingerprint density at radius 3 is 2.54 bits per heavy atom. The van der Waals surface area contributed by atoms with Crippen molar-refractivity contribution in [1.29, 1.82) is 0 Å². The molecule has 3 rings (SSSR count). The summed E-state index contributed by atoms with van der Waals surface area (Å²) in [6.45, 7) is 6.15. The second kappa shape index (κ2) is 7.22. The van der Waals surface area contributed by atoms with Crippen molar-refractivity contribution in [2.45, 2.75) is 37.3 Å². The predicted molar refractivity (Wildman–Crippen MR) is 109 cm³/mol. The van der Waals surface area contributed by atoms with Crippen LogP contribution in [-0.2, 0) is 6.54 Å². The highest BCUT2D eigenvalue weighted by molar-refractivity contribution is 7.98. The van der Waals surface area contributed by atoms with Crippen LogP contribution in [0.1, 0.15) is 20.3 Å². The van der Waals surface area contributed by atoms with Crippen LogP contribution in [0, 0.1) is 5.41 Å². The number of hydrogen-bond acceptors (Lipinski definition) is 4. The molecule has 0 bridgehead atoms. The van der Waals surface area contributed by atoms with Gasteiger partial charge in [0.1, 0.15) is 0 Å². The number of pyridine rings is 1. The first-order chi connectivity index (χ1) is 12.3. The fraction of sp³-hybridized carbons (Fsp3) is 0.476. The van der Waals surface area contributed by atoms with Crippen molar-refractivity contribution in [3.63, 3.8) is 0 Å². The smallest absolute Gasteiger partial charge is 0.251 e. The summed E-state index contributed by atoms with van der Waals surface area (Å²) in [5.74, 6) is 0. The molecule has 1 aliphatic heterocycles. The van der Waals surface area contributed by atoms with E-state index in [1.165, 1.54) is 0 Å². The number of nitrogens with zero attached hydrogens (tertiary/aromatic N) is 2. The molecule has 2 heterocycles. The number of aliphatic hydroxyl groups is 1. The van der Waals surface area contributed by atoms with E-state index in [9.17, 15) is 9.90 Å². The zero-order valence-electron chi connectivity index (χ0n) is 16.0. The van der Waals surface area contributed by atoms with Gasteiger partial charge in [-0.25, -0.2) is 0 Å². The Kier molecular flexibility index (Phi) is 5.33. The summed E-state index contributed by atoms with van der Waals surface area (Å²) in [5, 5.41) is 11.4. The molecule has 4 nitrogen and oxygen atoms in total. The maximum absolute atomic E-state index is 12.8. The molecular formula is C21H28N2O2S. The SMILES string of the molecule is CSc1cn(CC2(O)CCN(C)CC2(C)C)c(=O)cc1-c1ccccc1. The molecule has 1 unspecified atom stereocenters. The minimum absolute atomic E-state index is 0.0650. The van der Waals surface area contributed by atoms with Crippen molar-refractivity contribution in [3.05, 3.63) is 52.9 Å². The fourth-order valence-corrected chi connectivity index (χ4v) is 4.50. The Labute approximate surface area is 159 Å². The number of thioether (sulfide) groups is 1. The van der Waals surface area contributed by atoms with Gasteiger partial charge in [0.15, 0.2) is 0 Å². The summed E-state index contributed by atoms with van der Waals surface area (Å²) >= 11 is 1.62. The molecule has 1 N–H and O–H groups in total. The fourth-order valence-electron chi connectivity index (χ4n) is 3.87. The Bertz CT molecular complexity index is 832. The van der Waals surface area contributed by atoms with Gasteiger partial charge in [0.25, 0.3) is 5.56 Å². The van der Waals surface area contributed by atoms with Gasteiger partial charge >= 0.3 is 0 Å². The van der Waals surface area contributed by atoms with Crippen molar-refractivity contribution in [2.75, 3.05) is 26.4 Å². The third kappa shape index (κ3) is 3.61. The molecule has 1 atom stereocenters. The summed E-state index contributed by atoms with van der Waals surface area (Å²) in [6.07, 6.45) is 4.59. The van der Waals surface area contributed by atoms with Gasteiger partial charge in [0, 0.05) is 41.2 Å². The molecule has 1 aromatic carbocycles. The van der Waals surface area contributed by atoms with Crippen molar-refractivity contribution in [2.24, 2.45) is 5.41 Å². The van der Waals surface area contributed by atoms with Gasteiger partial charge in [-0.15, -0.1) is 11.8 Å². The summed E-state index contributed by atoms with van der Waals surface area (Å²) < 4.78 is 1.69. The molecular weight excluding hydrogens is 344 g/mol. The summed E-state index contributed by atoms with van der Waals surface area (Å²) in [7, 11) is 2.08. The monoisotopic (exact) mass is 372 g/mol. The first-order valence-electron chi connectivity index (χ1n) is 9.01. The van der Waals surface area contributed by atoms with Crippen LogP contribution >= 0.6 is 11.8 Å². The maximum Gasteiger partial charge on any atom is 0.251 e. The Morgan fingerprint density at radius 2 is 1.92 bits per heavy atom. The van der Waals surface area contributed by atoms with Gasteiger partial charge in [-0.2, -0.15) is 0 Å². The molecule has 0 spiro atoms. The van der Waals surface area contributed by atoms with Crippen LogP contribution < -0.4 is 5.56 Å². The van der Waals surface area contributed by atoms with Gasteiger partial charge in [0.2, 0.25) is 0 Å². The molecule has 2 aromatic rings. The van der Waals surface area contributed by atoms with Crippen molar-refractivity contribution in [3.8, 4) is 11.1 Å². The summed E-state index contributed by atoms with van der Waals surface area (Å²) in [6, 6.07) is 11.7. The molecule has 26 heavy (non-hydrogen) atoms. The van der Waals surface area contributed by atoms with Gasteiger partial charge in [-0.05, 0) is 25.3 Å². The third-order valence-corrected chi connectivity index (χ3v) is 6.42. The van der Waals surface area contributed by atoms with Crippen LogP contribution in [0.2, 0.25) is 0 Å². The van der Waals surface area contributed by atoms with Crippen LogP contribution in [0.15, 0.2) is 52.3 Å².